The third-order valence-corrected chi connectivity index (χ3v) is 4.14. The second kappa shape index (κ2) is 6.36. The fraction of sp³-hybridized carbons (Fsp3) is 0.500. The summed E-state index contributed by atoms with van der Waals surface area (Å²) in [5.41, 5.74) is 1.43. The van der Waals surface area contributed by atoms with Crippen LogP contribution in [0.3, 0.4) is 0 Å². The summed E-state index contributed by atoms with van der Waals surface area (Å²) in [5, 5.41) is 6.16. The van der Waals surface area contributed by atoms with E-state index in [1.54, 1.807) is 4.90 Å². The summed E-state index contributed by atoms with van der Waals surface area (Å²) >= 11 is 0. The summed E-state index contributed by atoms with van der Waals surface area (Å²) in [7, 11) is 0. The van der Waals surface area contributed by atoms with Gasteiger partial charge in [0.25, 0.3) is 5.91 Å². The molecule has 2 aliphatic heterocycles. The minimum Gasteiger partial charge on any atom is -0.338 e. The van der Waals surface area contributed by atoms with Gasteiger partial charge in [-0.15, -0.1) is 0 Å². The molecule has 2 N–H and O–H groups in total. The minimum atomic E-state index is -0.0911. The molecule has 1 aromatic rings. The number of nitrogens with zero attached hydrogens (tertiary/aromatic N) is 2. The van der Waals surface area contributed by atoms with Crippen LogP contribution in [0.2, 0.25) is 0 Å². The number of benzene rings is 1. The molecule has 0 radical (unpaired) electrons. The summed E-state index contributed by atoms with van der Waals surface area (Å²) < 4.78 is 0. The molecule has 6 heteroatoms. The first-order valence-corrected chi connectivity index (χ1v) is 7.83. The van der Waals surface area contributed by atoms with Gasteiger partial charge in [-0.3, -0.25) is 9.69 Å². The maximum absolute atomic E-state index is 12.6. The molecule has 0 spiro atoms. The highest BCUT2D eigenvalue weighted by Gasteiger charge is 2.23. The van der Waals surface area contributed by atoms with E-state index < -0.39 is 0 Å². The van der Waals surface area contributed by atoms with Crippen LogP contribution in [0.1, 0.15) is 23.7 Å². The normalized spacial score (nSPS) is 22.4. The third-order valence-electron chi connectivity index (χ3n) is 4.14. The molecule has 2 fully saturated rings. The fourth-order valence-corrected chi connectivity index (χ4v) is 2.98. The number of anilines is 1. The molecule has 2 saturated heterocycles. The SMILES string of the molecule is CC1CN(C(=O)c2cccc(N3CCCNC3=O)c2)CCN1. The number of carbonyl (C=O) groups is 2. The van der Waals surface area contributed by atoms with Gasteiger partial charge in [-0.1, -0.05) is 6.07 Å². The number of urea groups is 1. The molecular formula is C16H22N4O2. The van der Waals surface area contributed by atoms with Gasteiger partial charge in [-0.05, 0) is 31.5 Å². The lowest BCUT2D eigenvalue weighted by atomic mass is 10.1. The second-order valence-electron chi connectivity index (χ2n) is 5.89. The molecule has 118 valence electrons. The van der Waals surface area contributed by atoms with E-state index in [4.69, 9.17) is 0 Å². The Balaban J connectivity index is 1.78. The number of carbonyl (C=O) groups excluding carboxylic acids is 2. The summed E-state index contributed by atoms with van der Waals surface area (Å²) in [6.45, 7) is 5.74. The summed E-state index contributed by atoms with van der Waals surface area (Å²) in [5.74, 6) is 0.0348. The smallest absolute Gasteiger partial charge is 0.321 e. The van der Waals surface area contributed by atoms with Gasteiger partial charge < -0.3 is 15.5 Å². The van der Waals surface area contributed by atoms with Gasteiger partial charge in [0.1, 0.15) is 0 Å². The first-order chi connectivity index (χ1) is 10.6. The van der Waals surface area contributed by atoms with Crippen LogP contribution >= 0.6 is 0 Å². The predicted molar refractivity (Wildman–Crippen MR) is 85.2 cm³/mol. The lowest BCUT2D eigenvalue weighted by Gasteiger charge is -2.32. The highest BCUT2D eigenvalue weighted by Crippen LogP contribution is 2.19. The van der Waals surface area contributed by atoms with Crippen molar-refractivity contribution in [3.05, 3.63) is 29.8 Å². The van der Waals surface area contributed by atoms with E-state index in [0.29, 0.717) is 31.2 Å². The topological polar surface area (TPSA) is 64.7 Å². The van der Waals surface area contributed by atoms with E-state index in [2.05, 4.69) is 17.6 Å². The molecule has 1 unspecified atom stereocenters. The van der Waals surface area contributed by atoms with Crippen molar-refractivity contribution in [3.63, 3.8) is 0 Å². The van der Waals surface area contributed by atoms with Crippen molar-refractivity contribution in [2.75, 3.05) is 37.6 Å². The number of hydrogen-bond donors (Lipinski definition) is 2. The Bertz CT molecular complexity index is 575. The van der Waals surface area contributed by atoms with Crippen LogP contribution in [0, 0.1) is 0 Å². The van der Waals surface area contributed by atoms with Crippen molar-refractivity contribution in [2.24, 2.45) is 0 Å². The second-order valence-corrected chi connectivity index (χ2v) is 5.89. The van der Waals surface area contributed by atoms with Gasteiger partial charge in [0.2, 0.25) is 0 Å². The minimum absolute atomic E-state index is 0.0348. The Morgan fingerprint density at radius 1 is 1.27 bits per heavy atom. The predicted octanol–water partition coefficient (Wildman–Crippen LogP) is 1.04. The molecule has 1 atom stereocenters. The number of piperazine rings is 1. The molecule has 3 rings (SSSR count). The van der Waals surface area contributed by atoms with Gasteiger partial charge in [0.05, 0.1) is 0 Å². The molecule has 1 aromatic carbocycles. The van der Waals surface area contributed by atoms with E-state index in [1.807, 2.05) is 29.2 Å². The summed E-state index contributed by atoms with van der Waals surface area (Å²) in [4.78, 5) is 28.1. The maximum atomic E-state index is 12.6. The third kappa shape index (κ3) is 3.06. The number of amides is 3. The van der Waals surface area contributed by atoms with Crippen molar-refractivity contribution < 1.29 is 9.59 Å². The maximum Gasteiger partial charge on any atom is 0.321 e. The van der Waals surface area contributed by atoms with Gasteiger partial charge in [-0.2, -0.15) is 0 Å². The van der Waals surface area contributed by atoms with Gasteiger partial charge in [0, 0.05) is 50.0 Å². The molecule has 0 saturated carbocycles. The average molecular weight is 302 g/mol. The van der Waals surface area contributed by atoms with E-state index >= 15 is 0 Å². The zero-order valence-corrected chi connectivity index (χ0v) is 12.8. The molecule has 0 aliphatic carbocycles. The van der Waals surface area contributed by atoms with Crippen LogP contribution in [0.15, 0.2) is 24.3 Å². The van der Waals surface area contributed by atoms with E-state index in [-0.39, 0.29) is 11.9 Å². The highest BCUT2D eigenvalue weighted by atomic mass is 16.2. The Hall–Kier alpha value is -2.08. The van der Waals surface area contributed by atoms with Gasteiger partial charge in [0.15, 0.2) is 0 Å². The molecule has 0 aromatic heterocycles. The lowest BCUT2D eigenvalue weighted by molar-refractivity contribution is 0.0709. The first kappa shape index (κ1) is 14.8. The fourth-order valence-electron chi connectivity index (χ4n) is 2.98. The van der Waals surface area contributed by atoms with Crippen LogP contribution in [-0.4, -0.2) is 55.6 Å². The molecule has 2 heterocycles. The first-order valence-electron chi connectivity index (χ1n) is 7.83. The Kier molecular flexibility index (Phi) is 4.29. The van der Waals surface area contributed by atoms with Gasteiger partial charge in [-0.25, -0.2) is 4.79 Å². The largest absolute Gasteiger partial charge is 0.338 e. The van der Waals surface area contributed by atoms with Crippen LogP contribution < -0.4 is 15.5 Å². The van der Waals surface area contributed by atoms with Crippen molar-refractivity contribution in [2.45, 2.75) is 19.4 Å². The van der Waals surface area contributed by atoms with Crippen LogP contribution in [0.5, 0.6) is 0 Å². The highest BCUT2D eigenvalue weighted by molar-refractivity contribution is 5.98. The van der Waals surface area contributed by atoms with E-state index in [0.717, 1.165) is 25.2 Å². The number of nitrogens with one attached hydrogen (secondary N) is 2. The Labute approximate surface area is 130 Å². The van der Waals surface area contributed by atoms with Crippen LogP contribution in [0.4, 0.5) is 10.5 Å². The molecular weight excluding hydrogens is 280 g/mol. The van der Waals surface area contributed by atoms with E-state index in [1.165, 1.54) is 0 Å². The molecule has 3 amide bonds. The standard InChI is InChI=1S/C16H22N4O2/c1-12-11-19(9-7-17-12)15(21)13-4-2-5-14(10-13)20-8-3-6-18-16(20)22/h2,4-5,10,12,17H,3,6-9,11H2,1H3,(H,18,22). The van der Waals surface area contributed by atoms with Crippen molar-refractivity contribution in [1.29, 1.82) is 0 Å². The Morgan fingerprint density at radius 2 is 2.14 bits per heavy atom. The quantitative estimate of drug-likeness (QED) is 0.858. The molecule has 2 aliphatic rings. The van der Waals surface area contributed by atoms with Crippen molar-refractivity contribution in [3.8, 4) is 0 Å². The Morgan fingerprint density at radius 3 is 2.91 bits per heavy atom. The van der Waals surface area contributed by atoms with Crippen LogP contribution in [0.25, 0.3) is 0 Å². The molecule has 0 bridgehead atoms. The lowest BCUT2D eigenvalue weighted by Crippen LogP contribution is -2.51. The number of hydrogen-bond acceptors (Lipinski definition) is 3. The van der Waals surface area contributed by atoms with E-state index in [9.17, 15) is 9.59 Å². The van der Waals surface area contributed by atoms with Gasteiger partial charge >= 0.3 is 6.03 Å². The van der Waals surface area contributed by atoms with Crippen molar-refractivity contribution in [1.82, 2.24) is 15.5 Å². The van der Waals surface area contributed by atoms with Crippen molar-refractivity contribution >= 4 is 17.6 Å². The van der Waals surface area contributed by atoms with Crippen LogP contribution in [-0.2, 0) is 0 Å². The molecule has 22 heavy (non-hydrogen) atoms. The summed E-state index contributed by atoms with van der Waals surface area (Å²) in [6.07, 6.45) is 0.916. The monoisotopic (exact) mass is 302 g/mol. The molecule has 6 nitrogen and oxygen atoms in total. The summed E-state index contributed by atoms with van der Waals surface area (Å²) in [6, 6.07) is 7.58. The zero-order chi connectivity index (χ0) is 15.5. The average Bonchev–Trinajstić information content (AvgIpc) is 2.55. The number of rotatable bonds is 2. The zero-order valence-electron chi connectivity index (χ0n) is 12.8.